The quantitative estimate of drug-likeness (QED) is 0.373. The number of hydrogen-bond acceptors (Lipinski definition) is 6. The number of hydrogen-bond donors (Lipinski definition) is 4. The molecule has 0 unspecified atom stereocenters. The van der Waals surface area contributed by atoms with Gasteiger partial charge in [-0.05, 0) is 24.4 Å². The Hall–Kier alpha value is -1.12. The van der Waals surface area contributed by atoms with Gasteiger partial charge in [-0.25, -0.2) is 0 Å². The molecule has 0 fully saturated rings. The van der Waals surface area contributed by atoms with Gasteiger partial charge in [-0.15, -0.1) is 0 Å². The fourth-order valence-corrected chi connectivity index (χ4v) is 0.983. The molecule has 0 bridgehead atoms. The number of rotatable bonds is 1. The zero-order valence-electron chi connectivity index (χ0n) is 7.60. The van der Waals surface area contributed by atoms with Crippen molar-refractivity contribution in [3.63, 3.8) is 0 Å². The number of oxazole rings is 1. The molecule has 0 aliphatic rings. The molecule has 8 nitrogen and oxygen atoms in total. The Bertz CT molecular complexity index is 363. The van der Waals surface area contributed by atoms with Gasteiger partial charge in [0.25, 0.3) is 10.3 Å². The van der Waals surface area contributed by atoms with Crippen molar-refractivity contribution in [2.24, 2.45) is 11.5 Å². The van der Waals surface area contributed by atoms with Crippen molar-refractivity contribution in [2.75, 3.05) is 0 Å². The van der Waals surface area contributed by atoms with E-state index in [1.165, 1.54) is 12.5 Å². The van der Waals surface area contributed by atoms with E-state index >= 15 is 0 Å². The van der Waals surface area contributed by atoms with Crippen LogP contribution in [0.5, 0.6) is 0 Å². The van der Waals surface area contributed by atoms with E-state index in [4.69, 9.17) is 10.2 Å². The first kappa shape index (κ1) is 17.3. The second-order valence-corrected chi connectivity index (χ2v) is 4.56. The van der Waals surface area contributed by atoms with Crippen molar-refractivity contribution in [1.29, 1.82) is 0 Å². The second-order valence-electron chi connectivity index (χ2n) is 1.71. The minimum atomic E-state index is -3.52. The van der Waals surface area contributed by atoms with Crippen molar-refractivity contribution < 1.29 is 38.7 Å². The molecule has 1 heterocycles. The van der Waals surface area contributed by atoms with Crippen LogP contribution in [0.2, 0.25) is 0 Å². The molecule has 1 rings (SSSR count). The van der Waals surface area contributed by atoms with Gasteiger partial charge < -0.3 is 21.7 Å². The van der Waals surface area contributed by atoms with Gasteiger partial charge in [0, 0.05) is 0 Å². The number of aliphatic hydroxyl groups excluding tert-OH is 2. The molecule has 0 aromatic carbocycles. The maximum atomic E-state index is 10.0. The summed E-state index contributed by atoms with van der Waals surface area (Å²) < 4.78 is 24.4. The van der Waals surface area contributed by atoms with Gasteiger partial charge in [0.05, 0.1) is 0 Å². The Labute approximate surface area is 106 Å². The van der Waals surface area contributed by atoms with Crippen LogP contribution in [0.1, 0.15) is 0 Å². The second kappa shape index (κ2) is 10.4. The van der Waals surface area contributed by atoms with Gasteiger partial charge in [-0.2, -0.15) is 0 Å². The van der Waals surface area contributed by atoms with Crippen LogP contribution >= 0.6 is 24.4 Å². The van der Waals surface area contributed by atoms with E-state index in [1.807, 2.05) is 0 Å². The summed E-state index contributed by atoms with van der Waals surface area (Å²) in [4.78, 5) is 3.40. The summed E-state index contributed by atoms with van der Waals surface area (Å²) in [5.74, 6) is 0. The Morgan fingerprint density at radius 2 is 1.69 bits per heavy atom. The van der Waals surface area contributed by atoms with Crippen LogP contribution in [-0.2, 0) is 24.0 Å². The summed E-state index contributed by atoms with van der Waals surface area (Å²) >= 11 is 4.22. The van der Waals surface area contributed by atoms with Crippen LogP contribution in [0.3, 0.4) is 0 Å². The Morgan fingerprint density at radius 1 is 1.31 bits per heavy atom. The van der Waals surface area contributed by atoms with Crippen molar-refractivity contribution in [3.8, 4) is 0 Å². The summed E-state index contributed by atoms with van der Waals surface area (Å²) in [7, 11) is 0. The van der Waals surface area contributed by atoms with E-state index in [2.05, 4.69) is 45.3 Å². The number of aromatic nitrogens is 1. The van der Waals surface area contributed by atoms with Crippen LogP contribution < -0.4 is 15.7 Å². The predicted octanol–water partition coefficient (Wildman–Crippen LogP) is -0.815. The Kier molecular flexibility index (Phi) is 11.2. The van der Waals surface area contributed by atoms with Gasteiger partial charge in [-0.3, -0.25) is 0 Å². The third-order valence-corrected chi connectivity index (χ3v) is 1.75. The molecule has 0 aliphatic carbocycles. The average Bonchev–Trinajstić information content (AvgIpc) is 2.52. The topological polar surface area (TPSA) is 153 Å². The molecule has 6 N–H and O–H groups in total. The first-order chi connectivity index (χ1) is 7.27. The SMILES string of the molecule is NC(O)=S.NC(O)=S.[O]=[Mo](=[O])[c]1ncco1. The monoisotopic (exact) mass is 352 g/mol. The fraction of sp³-hybridized carbons (Fsp3) is 0. The molecule has 0 saturated heterocycles. The van der Waals surface area contributed by atoms with Gasteiger partial charge in [0.1, 0.15) is 0 Å². The standard InChI is InChI=1S/C3H2NO.2CH3NOS.Mo.2O/c1-2-5-3-4-1;2*2-1(3)4;;;/h1-2H;2*(H3,2,3,4);;;. The molecule has 16 heavy (non-hydrogen) atoms. The summed E-state index contributed by atoms with van der Waals surface area (Å²) in [5.41, 5.74) is 8.80. The minimum absolute atomic E-state index is 0.131. The van der Waals surface area contributed by atoms with Crippen LogP contribution in [0.15, 0.2) is 16.9 Å². The van der Waals surface area contributed by atoms with E-state index < -0.39 is 27.6 Å². The summed E-state index contributed by atoms with van der Waals surface area (Å²) in [6, 6.07) is 0. The predicted molar refractivity (Wildman–Crippen MR) is 56.3 cm³/mol. The molecular formula is C5H8MoN3O5S2. The van der Waals surface area contributed by atoms with Crippen LogP contribution in [0.25, 0.3) is 0 Å². The zero-order valence-corrected chi connectivity index (χ0v) is 11.2. The van der Waals surface area contributed by atoms with Crippen molar-refractivity contribution in [3.05, 3.63) is 12.5 Å². The van der Waals surface area contributed by atoms with Crippen LogP contribution in [-0.4, -0.2) is 25.5 Å². The van der Waals surface area contributed by atoms with E-state index in [9.17, 15) is 6.80 Å². The molecule has 0 amide bonds. The third kappa shape index (κ3) is 18.6. The van der Waals surface area contributed by atoms with Crippen LogP contribution in [0, 0.1) is 0 Å². The molecule has 0 atom stereocenters. The van der Waals surface area contributed by atoms with E-state index in [0.29, 0.717) is 0 Å². The summed E-state index contributed by atoms with van der Waals surface area (Å²) in [6.45, 7) is 0. The maximum absolute atomic E-state index is 10.0. The van der Waals surface area contributed by atoms with E-state index in [-0.39, 0.29) is 4.28 Å². The number of aliphatic hydroxyl groups is 2. The van der Waals surface area contributed by atoms with Gasteiger partial charge in [-0.1, -0.05) is 0 Å². The van der Waals surface area contributed by atoms with Gasteiger partial charge in [0.2, 0.25) is 0 Å². The number of nitrogens with two attached hydrogens (primary N) is 2. The first-order valence-electron chi connectivity index (χ1n) is 3.23. The molecule has 0 saturated carbocycles. The average molecular weight is 350 g/mol. The van der Waals surface area contributed by atoms with Crippen molar-refractivity contribution >= 4 is 39.1 Å². The van der Waals surface area contributed by atoms with Gasteiger partial charge >= 0.3 is 50.2 Å². The molecule has 1 aromatic heterocycles. The summed E-state index contributed by atoms with van der Waals surface area (Å²) in [5, 5.41) is 14.1. The Balaban J connectivity index is 0. The molecule has 0 aliphatic heterocycles. The van der Waals surface area contributed by atoms with E-state index in [1.54, 1.807) is 0 Å². The third-order valence-electron chi connectivity index (χ3n) is 0.552. The van der Waals surface area contributed by atoms with Crippen LogP contribution in [0.4, 0.5) is 0 Å². The molecular weight excluding hydrogens is 342 g/mol. The molecule has 0 radical (unpaired) electrons. The molecule has 11 heteroatoms. The molecule has 0 spiro atoms. The van der Waals surface area contributed by atoms with E-state index in [0.717, 1.165) is 0 Å². The normalized spacial score (nSPS) is 7.50. The first-order valence-corrected chi connectivity index (χ1v) is 6.68. The van der Waals surface area contributed by atoms with Crippen molar-refractivity contribution in [2.45, 2.75) is 0 Å². The number of thiocarbonyl (C=S) groups is 2. The molecule has 1 aromatic rings. The number of nitrogens with zero attached hydrogens (tertiary/aromatic N) is 1. The molecule has 91 valence electrons. The van der Waals surface area contributed by atoms with Gasteiger partial charge in [0.15, 0.2) is 0 Å². The fourth-order valence-electron chi connectivity index (χ4n) is 0.293. The zero-order chi connectivity index (χ0) is 13.1. The summed E-state index contributed by atoms with van der Waals surface area (Å²) in [6.07, 6.45) is 2.54. The Morgan fingerprint density at radius 3 is 1.81 bits per heavy atom. The van der Waals surface area contributed by atoms with Crippen molar-refractivity contribution in [1.82, 2.24) is 4.98 Å².